The number of halogens is 3. The van der Waals surface area contributed by atoms with Crippen LogP contribution in [0.1, 0.15) is 32.1 Å². The van der Waals surface area contributed by atoms with E-state index in [1.807, 2.05) is 6.92 Å². The fourth-order valence-corrected chi connectivity index (χ4v) is 5.09. The lowest BCUT2D eigenvalue weighted by molar-refractivity contribution is -0.137. The summed E-state index contributed by atoms with van der Waals surface area (Å²) < 4.78 is 70.7. The molecule has 1 N–H and O–H groups in total. The Balaban J connectivity index is 1.70. The lowest BCUT2D eigenvalue weighted by Crippen LogP contribution is -2.26. The maximum absolute atomic E-state index is 12.8. The lowest BCUT2D eigenvalue weighted by atomic mass is 10.1. The van der Waals surface area contributed by atoms with Crippen LogP contribution in [0.2, 0.25) is 0 Å². The van der Waals surface area contributed by atoms with E-state index < -0.39 is 27.7 Å². The normalized spacial score (nSPS) is 12.1. The quantitative estimate of drug-likeness (QED) is 0.475. The minimum Gasteiger partial charge on any atom is -0.465 e. The van der Waals surface area contributed by atoms with Crippen molar-refractivity contribution >= 4 is 27.3 Å². The first-order valence-corrected chi connectivity index (χ1v) is 12.0. The Morgan fingerprint density at radius 1 is 1.12 bits per heavy atom. The Kier molecular flexibility index (Phi) is 7.25. The number of thiazole rings is 1. The number of rotatable bonds is 7. The van der Waals surface area contributed by atoms with Gasteiger partial charge in [-0.3, -0.25) is 0 Å². The van der Waals surface area contributed by atoms with E-state index in [2.05, 4.69) is 14.4 Å². The van der Waals surface area contributed by atoms with Gasteiger partial charge in [0.05, 0.1) is 28.8 Å². The van der Waals surface area contributed by atoms with Crippen LogP contribution in [0.5, 0.6) is 0 Å². The highest BCUT2D eigenvalue weighted by atomic mass is 32.2. The second-order valence-electron chi connectivity index (χ2n) is 7.21. The zero-order valence-corrected chi connectivity index (χ0v) is 19.6. The van der Waals surface area contributed by atoms with Crippen molar-refractivity contribution in [2.24, 2.45) is 0 Å². The zero-order chi connectivity index (χ0) is 24.4. The number of nitrogens with zero attached hydrogens (tertiary/aromatic N) is 1. The summed E-state index contributed by atoms with van der Waals surface area (Å²) >= 11 is 1.32. The van der Waals surface area contributed by atoms with Gasteiger partial charge in [0.15, 0.2) is 0 Å². The summed E-state index contributed by atoms with van der Waals surface area (Å²) in [7, 11) is -2.66. The molecule has 176 valence electrons. The number of aromatic nitrogens is 1. The highest BCUT2D eigenvalue weighted by molar-refractivity contribution is 7.89. The van der Waals surface area contributed by atoms with Gasteiger partial charge in [-0.1, -0.05) is 18.2 Å². The molecule has 0 aliphatic heterocycles. The van der Waals surface area contributed by atoms with Gasteiger partial charge in [0.2, 0.25) is 10.0 Å². The maximum atomic E-state index is 12.8. The van der Waals surface area contributed by atoms with Crippen molar-refractivity contribution in [3.8, 4) is 10.6 Å². The van der Waals surface area contributed by atoms with Crippen molar-refractivity contribution in [1.82, 2.24) is 9.71 Å². The number of ether oxygens (including phenoxy) is 1. The number of aryl methyl sites for hydroxylation is 2. The van der Waals surface area contributed by atoms with Gasteiger partial charge in [0, 0.05) is 23.4 Å². The second-order valence-corrected chi connectivity index (χ2v) is 10.2. The summed E-state index contributed by atoms with van der Waals surface area (Å²) in [6, 6.07) is 8.94. The molecular weight excluding hydrogens is 477 g/mol. The fraction of sp³-hybridized carbons (Fsp3) is 0.273. The predicted molar refractivity (Wildman–Crippen MR) is 119 cm³/mol. The van der Waals surface area contributed by atoms with Crippen molar-refractivity contribution < 1.29 is 31.1 Å². The van der Waals surface area contributed by atoms with Crippen molar-refractivity contribution in [3.63, 3.8) is 0 Å². The zero-order valence-electron chi connectivity index (χ0n) is 18.0. The smallest absolute Gasteiger partial charge is 0.416 e. The molecule has 0 fully saturated rings. The molecule has 0 aliphatic rings. The summed E-state index contributed by atoms with van der Waals surface area (Å²) in [5, 5.41) is 0.556. The number of nitrogens with one attached hydrogen (secondary N) is 1. The van der Waals surface area contributed by atoms with Gasteiger partial charge in [-0.25, -0.2) is 22.9 Å². The minimum absolute atomic E-state index is 0.0563. The predicted octanol–water partition coefficient (Wildman–Crippen LogP) is 4.75. The van der Waals surface area contributed by atoms with E-state index in [-0.39, 0.29) is 23.4 Å². The van der Waals surface area contributed by atoms with Crippen molar-refractivity contribution in [2.75, 3.05) is 13.7 Å². The molecule has 0 saturated heterocycles. The van der Waals surface area contributed by atoms with Crippen LogP contribution in [-0.4, -0.2) is 33.0 Å². The van der Waals surface area contributed by atoms with Crippen molar-refractivity contribution in [3.05, 3.63) is 69.7 Å². The van der Waals surface area contributed by atoms with Crippen LogP contribution in [0, 0.1) is 13.8 Å². The molecule has 2 aromatic carbocycles. The molecule has 0 amide bonds. The number of sulfonamides is 1. The topological polar surface area (TPSA) is 85.4 Å². The molecule has 0 bridgehead atoms. The Morgan fingerprint density at radius 3 is 2.39 bits per heavy atom. The van der Waals surface area contributed by atoms with Crippen molar-refractivity contribution in [1.29, 1.82) is 0 Å². The van der Waals surface area contributed by atoms with Crippen LogP contribution in [0.25, 0.3) is 10.6 Å². The number of esters is 1. The van der Waals surface area contributed by atoms with Crippen LogP contribution in [0.15, 0.2) is 47.4 Å². The Bertz CT molecular complexity index is 1270. The highest BCUT2D eigenvalue weighted by Gasteiger charge is 2.30. The van der Waals surface area contributed by atoms with Crippen LogP contribution >= 0.6 is 11.3 Å². The molecule has 0 atom stereocenters. The first kappa shape index (κ1) is 24.9. The van der Waals surface area contributed by atoms with Gasteiger partial charge in [-0.2, -0.15) is 13.2 Å². The standard InChI is InChI=1S/C22H21F3N2O4S2/c1-13-4-9-17(12-18(13)21(28)31-3)33(29,30)26-11-10-19-14(2)32-20(27-19)15-5-7-16(8-6-15)22(23,24)25/h4-9,12,26H,10-11H2,1-3H3. The largest absolute Gasteiger partial charge is 0.465 e. The summed E-state index contributed by atoms with van der Waals surface area (Å²) in [4.78, 5) is 17.1. The Labute approximate surface area is 193 Å². The fourth-order valence-electron chi connectivity index (χ4n) is 3.07. The van der Waals surface area contributed by atoms with Gasteiger partial charge < -0.3 is 4.74 Å². The Morgan fingerprint density at radius 2 is 1.79 bits per heavy atom. The van der Waals surface area contributed by atoms with Crippen LogP contribution in [-0.2, 0) is 27.4 Å². The number of hydrogen-bond acceptors (Lipinski definition) is 6. The van der Waals surface area contributed by atoms with Gasteiger partial charge in [-0.05, 0) is 43.7 Å². The highest BCUT2D eigenvalue weighted by Crippen LogP contribution is 2.33. The number of carbonyl (C=O) groups excluding carboxylic acids is 1. The van der Waals surface area contributed by atoms with E-state index in [4.69, 9.17) is 0 Å². The molecule has 0 saturated carbocycles. The summed E-state index contributed by atoms with van der Waals surface area (Å²) in [5.41, 5.74) is 1.22. The number of benzene rings is 2. The van der Waals surface area contributed by atoms with Crippen LogP contribution in [0.3, 0.4) is 0 Å². The van der Waals surface area contributed by atoms with Gasteiger partial charge in [0.1, 0.15) is 5.01 Å². The second kappa shape index (κ2) is 9.62. The molecule has 6 nitrogen and oxygen atoms in total. The third kappa shape index (κ3) is 5.79. The molecule has 33 heavy (non-hydrogen) atoms. The van der Waals surface area contributed by atoms with E-state index in [0.717, 1.165) is 17.0 Å². The molecule has 11 heteroatoms. The molecule has 0 spiro atoms. The van der Waals surface area contributed by atoms with E-state index in [0.29, 0.717) is 21.8 Å². The average Bonchev–Trinajstić information content (AvgIpc) is 3.13. The molecule has 0 radical (unpaired) electrons. The van der Waals surface area contributed by atoms with Gasteiger partial charge in [0.25, 0.3) is 0 Å². The van der Waals surface area contributed by atoms with E-state index in [1.54, 1.807) is 6.92 Å². The first-order valence-electron chi connectivity index (χ1n) is 9.75. The summed E-state index contributed by atoms with van der Waals surface area (Å²) in [6.07, 6.45) is -4.12. The third-order valence-corrected chi connectivity index (χ3v) is 7.45. The first-order chi connectivity index (χ1) is 15.4. The van der Waals surface area contributed by atoms with Crippen molar-refractivity contribution in [2.45, 2.75) is 31.3 Å². The van der Waals surface area contributed by atoms with Crippen LogP contribution < -0.4 is 4.72 Å². The molecule has 1 heterocycles. The monoisotopic (exact) mass is 498 g/mol. The molecular formula is C22H21F3N2O4S2. The third-order valence-electron chi connectivity index (χ3n) is 4.93. The molecule has 1 aromatic heterocycles. The average molecular weight is 499 g/mol. The van der Waals surface area contributed by atoms with Gasteiger partial charge in [-0.15, -0.1) is 11.3 Å². The number of carbonyl (C=O) groups is 1. The SMILES string of the molecule is COC(=O)c1cc(S(=O)(=O)NCCc2nc(-c3ccc(C(F)(F)F)cc3)sc2C)ccc1C. The molecule has 0 aliphatic carbocycles. The number of alkyl halides is 3. The number of hydrogen-bond donors (Lipinski definition) is 1. The van der Waals surface area contributed by atoms with E-state index >= 15 is 0 Å². The maximum Gasteiger partial charge on any atom is 0.416 e. The Hall–Kier alpha value is -2.76. The molecule has 0 unspecified atom stereocenters. The summed E-state index contributed by atoms with van der Waals surface area (Å²) in [6.45, 7) is 3.55. The van der Waals surface area contributed by atoms with E-state index in [9.17, 15) is 26.4 Å². The number of methoxy groups -OCH3 is 1. The minimum atomic E-state index is -4.41. The molecule has 3 aromatic rings. The van der Waals surface area contributed by atoms with Crippen LogP contribution in [0.4, 0.5) is 13.2 Å². The van der Waals surface area contributed by atoms with Gasteiger partial charge >= 0.3 is 12.1 Å². The lowest BCUT2D eigenvalue weighted by Gasteiger charge is -2.09. The molecule has 3 rings (SSSR count). The summed E-state index contributed by atoms with van der Waals surface area (Å²) in [5.74, 6) is -0.626. The van der Waals surface area contributed by atoms with E-state index in [1.165, 1.54) is 48.8 Å².